The Morgan fingerprint density at radius 3 is 2.43 bits per heavy atom. The van der Waals surface area contributed by atoms with Crippen molar-refractivity contribution in [3.63, 3.8) is 0 Å². The van der Waals surface area contributed by atoms with E-state index in [9.17, 15) is 9.59 Å². The Kier molecular flexibility index (Phi) is 5.21. The van der Waals surface area contributed by atoms with Gasteiger partial charge in [-0.05, 0) is 37.5 Å². The highest BCUT2D eigenvalue weighted by Crippen LogP contribution is 2.27. The Labute approximate surface area is 135 Å². The summed E-state index contributed by atoms with van der Waals surface area (Å²) < 4.78 is 10.1. The van der Waals surface area contributed by atoms with E-state index in [0.717, 1.165) is 22.4 Å². The lowest BCUT2D eigenvalue weighted by Gasteiger charge is -2.10. The van der Waals surface area contributed by atoms with Gasteiger partial charge in [-0.3, -0.25) is 4.79 Å². The van der Waals surface area contributed by atoms with Gasteiger partial charge in [0, 0.05) is 5.69 Å². The summed E-state index contributed by atoms with van der Waals surface area (Å²) >= 11 is 0. The van der Waals surface area contributed by atoms with Crippen molar-refractivity contribution < 1.29 is 19.1 Å². The summed E-state index contributed by atoms with van der Waals surface area (Å²) in [7, 11) is 1.35. The minimum absolute atomic E-state index is 0.207. The zero-order chi connectivity index (χ0) is 17.0. The lowest BCUT2D eigenvalue weighted by molar-refractivity contribution is -0.142. The number of esters is 2. The van der Waals surface area contributed by atoms with E-state index < -0.39 is 11.9 Å². The minimum Gasteiger partial charge on any atom is -0.469 e. The smallest absolute Gasteiger partial charge is 0.355 e. The fourth-order valence-electron chi connectivity index (χ4n) is 2.71. The first-order valence-corrected chi connectivity index (χ1v) is 7.43. The lowest BCUT2D eigenvalue weighted by Crippen LogP contribution is -2.12. The van der Waals surface area contributed by atoms with Crippen LogP contribution in [0, 0.1) is 13.8 Å². The second kappa shape index (κ2) is 7.13. The first-order chi connectivity index (χ1) is 11.0. The van der Waals surface area contributed by atoms with Crippen molar-refractivity contribution in [2.24, 2.45) is 0 Å². The average molecular weight is 315 g/mol. The molecule has 0 spiro atoms. The number of rotatable bonds is 5. The number of hydrogen-bond acceptors (Lipinski definition) is 4. The fraction of sp³-hybridized carbons (Fsp3) is 0.333. The number of aromatic amines is 1. The number of ether oxygens (including phenoxy) is 2. The first kappa shape index (κ1) is 16.8. The van der Waals surface area contributed by atoms with Crippen LogP contribution < -0.4 is 0 Å². The molecule has 0 saturated heterocycles. The Morgan fingerprint density at radius 1 is 1.17 bits per heavy atom. The van der Waals surface area contributed by atoms with Gasteiger partial charge in [-0.1, -0.05) is 30.3 Å². The van der Waals surface area contributed by atoms with E-state index in [-0.39, 0.29) is 12.6 Å². The van der Waals surface area contributed by atoms with Crippen LogP contribution in [-0.4, -0.2) is 24.0 Å². The van der Waals surface area contributed by atoms with Gasteiger partial charge in [0.15, 0.2) is 0 Å². The summed E-state index contributed by atoms with van der Waals surface area (Å²) in [4.78, 5) is 27.1. The van der Waals surface area contributed by atoms with Gasteiger partial charge in [0.05, 0.1) is 13.0 Å². The monoisotopic (exact) mass is 315 g/mol. The molecule has 0 aliphatic rings. The topological polar surface area (TPSA) is 68.4 Å². The third-order valence-electron chi connectivity index (χ3n) is 3.90. The fourth-order valence-corrected chi connectivity index (χ4v) is 2.71. The molecule has 1 heterocycles. The normalized spacial score (nSPS) is 11.8. The number of hydrogen-bond donors (Lipinski definition) is 1. The van der Waals surface area contributed by atoms with Gasteiger partial charge in [0.25, 0.3) is 0 Å². The van der Waals surface area contributed by atoms with Crippen molar-refractivity contribution >= 4 is 11.9 Å². The molecule has 0 aliphatic heterocycles. The Bertz CT molecular complexity index is 703. The van der Waals surface area contributed by atoms with Crippen LogP contribution >= 0.6 is 0 Å². The van der Waals surface area contributed by atoms with E-state index in [1.54, 1.807) is 13.8 Å². The number of aryl methyl sites for hydroxylation is 1. The quantitative estimate of drug-likeness (QED) is 0.860. The molecule has 0 aliphatic carbocycles. The molecule has 0 fully saturated rings. The maximum absolute atomic E-state index is 12.3. The molecule has 0 radical (unpaired) electrons. The molecular formula is C18H21NO4. The molecule has 1 N–H and O–H groups in total. The van der Waals surface area contributed by atoms with Crippen molar-refractivity contribution in [1.82, 2.24) is 4.98 Å². The molecule has 5 nitrogen and oxygen atoms in total. The predicted octanol–water partition coefficient (Wildman–Crippen LogP) is 3.27. The summed E-state index contributed by atoms with van der Waals surface area (Å²) in [6.07, 6.45) is 0. The molecule has 23 heavy (non-hydrogen) atoms. The average Bonchev–Trinajstić information content (AvgIpc) is 2.86. The van der Waals surface area contributed by atoms with Crippen LogP contribution in [0.4, 0.5) is 0 Å². The zero-order valence-corrected chi connectivity index (χ0v) is 13.8. The molecule has 122 valence electrons. The molecule has 0 bridgehead atoms. The van der Waals surface area contributed by atoms with E-state index in [0.29, 0.717) is 5.69 Å². The largest absolute Gasteiger partial charge is 0.469 e. The van der Waals surface area contributed by atoms with Gasteiger partial charge >= 0.3 is 11.9 Å². The van der Waals surface area contributed by atoms with Crippen molar-refractivity contribution in [2.75, 3.05) is 7.11 Å². The number of benzene rings is 1. The first-order valence-electron chi connectivity index (χ1n) is 7.43. The number of aromatic nitrogens is 1. The molecule has 5 heteroatoms. The lowest BCUT2D eigenvalue weighted by atomic mass is 9.97. The van der Waals surface area contributed by atoms with Gasteiger partial charge in [0.2, 0.25) is 0 Å². The molecule has 2 aromatic rings. The second-order valence-corrected chi connectivity index (χ2v) is 5.47. The van der Waals surface area contributed by atoms with Crippen LogP contribution in [0.15, 0.2) is 30.3 Å². The van der Waals surface area contributed by atoms with E-state index >= 15 is 0 Å². The minimum atomic E-state index is -0.438. The van der Waals surface area contributed by atoms with Gasteiger partial charge in [0.1, 0.15) is 12.3 Å². The number of nitrogens with one attached hydrogen (secondary N) is 1. The van der Waals surface area contributed by atoms with Crippen LogP contribution in [0.25, 0.3) is 0 Å². The van der Waals surface area contributed by atoms with Gasteiger partial charge in [-0.15, -0.1) is 0 Å². The van der Waals surface area contributed by atoms with Gasteiger partial charge < -0.3 is 14.5 Å². The van der Waals surface area contributed by atoms with E-state index in [1.165, 1.54) is 7.11 Å². The van der Waals surface area contributed by atoms with Crippen molar-refractivity contribution in [3.8, 4) is 0 Å². The molecule has 0 saturated carbocycles. The molecule has 1 unspecified atom stereocenters. The molecule has 1 aromatic heterocycles. The van der Waals surface area contributed by atoms with Crippen LogP contribution in [0.5, 0.6) is 0 Å². The predicted molar refractivity (Wildman–Crippen MR) is 86.3 cm³/mol. The molecule has 1 aromatic carbocycles. The SMILES string of the molecule is COC(=O)C(C)c1c(C)[nH]c(C(=O)OCc2ccccc2)c1C. The van der Waals surface area contributed by atoms with E-state index in [4.69, 9.17) is 9.47 Å². The number of carbonyl (C=O) groups excluding carboxylic acids is 2. The van der Waals surface area contributed by atoms with Crippen LogP contribution in [0.1, 0.15) is 45.7 Å². The van der Waals surface area contributed by atoms with Crippen molar-refractivity contribution in [1.29, 1.82) is 0 Å². The van der Waals surface area contributed by atoms with Crippen molar-refractivity contribution in [2.45, 2.75) is 33.3 Å². The Hall–Kier alpha value is -2.56. The third kappa shape index (κ3) is 3.62. The summed E-state index contributed by atoms with van der Waals surface area (Å²) in [6, 6.07) is 9.48. The Morgan fingerprint density at radius 2 is 1.83 bits per heavy atom. The van der Waals surface area contributed by atoms with Gasteiger partial charge in [-0.2, -0.15) is 0 Å². The highest BCUT2D eigenvalue weighted by Gasteiger charge is 2.26. The molecule has 2 rings (SSSR count). The summed E-state index contributed by atoms with van der Waals surface area (Å²) in [5, 5.41) is 0. The third-order valence-corrected chi connectivity index (χ3v) is 3.90. The Balaban J connectivity index is 2.17. The standard InChI is InChI=1S/C18H21NO4/c1-11-15(12(2)17(20)22-4)13(3)19-16(11)18(21)23-10-14-8-6-5-7-9-14/h5-9,12,19H,10H2,1-4H3. The number of methoxy groups -OCH3 is 1. The summed E-state index contributed by atoms with van der Waals surface area (Å²) in [5.74, 6) is -1.20. The number of H-pyrrole nitrogens is 1. The zero-order valence-electron chi connectivity index (χ0n) is 13.8. The summed E-state index contributed by atoms with van der Waals surface area (Å²) in [5.41, 5.74) is 3.57. The van der Waals surface area contributed by atoms with E-state index in [1.807, 2.05) is 37.3 Å². The highest BCUT2D eigenvalue weighted by atomic mass is 16.5. The van der Waals surface area contributed by atoms with Crippen LogP contribution in [0.3, 0.4) is 0 Å². The van der Waals surface area contributed by atoms with Crippen LogP contribution in [0.2, 0.25) is 0 Å². The molecule has 1 atom stereocenters. The second-order valence-electron chi connectivity index (χ2n) is 5.47. The highest BCUT2D eigenvalue weighted by molar-refractivity contribution is 5.91. The molecular weight excluding hydrogens is 294 g/mol. The van der Waals surface area contributed by atoms with Crippen molar-refractivity contribution in [3.05, 3.63) is 58.4 Å². The van der Waals surface area contributed by atoms with Crippen LogP contribution in [-0.2, 0) is 20.9 Å². The maximum atomic E-state index is 12.3. The van der Waals surface area contributed by atoms with E-state index in [2.05, 4.69) is 4.98 Å². The number of carbonyl (C=O) groups is 2. The molecule has 0 amide bonds. The summed E-state index contributed by atoms with van der Waals surface area (Å²) in [6.45, 7) is 5.60. The maximum Gasteiger partial charge on any atom is 0.355 e. The van der Waals surface area contributed by atoms with Gasteiger partial charge in [-0.25, -0.2) is 4.79 Å².